The van der Waals surface area contributed by atoms with Crippen molar-refractivity contribution in [3.8, 4) is 11.4 Å². The Morgan fingerprint density at radius 1 is 1.10 bits per heavy atom. The van der Waals surface area contributed by atoms with Crippen molar-refractivity contribution >= 4 is 29.1 Å². The lowest BCUT2D eigenvalue weighted by Gasteiger charge is -2.18. The number of nitrogens with zero attached hydrogens (tertiary/aromatic N) is 3. The van der Waals surface area contributed by atoms with E-state index in [2.05, 4.69) is 37.5 Å². The highest BCUT2D eigenvalue weighted by Crippen LogP contribution is 2.26. The van der Waals surface area contributed by atoms with Gasteiger partial charge in [-0.15, -0.1) is 16.8 Å². The minimum atomic E-state index is 0.0650. The molecular formula is C23H24ClN3OS. The number of carbonyl (C=O) groups is 1. The van der Waals surface area contributed by atoms with Crippen LogP contribution in [0.1, 0.15) is 36.7 Å². The van der Waals surface area contributed by atoms with Gasteiger partial charge in [0, 0.05) is 22.7 Å². The maximum atomic E-state index is 12.6. The van der Waals surface area contributed by atoms with Crippen LogP contribution in [0.5, 0.6) is 0 Å². The van der Waals surface area contributed by atoms with E-state index in [9.17, 15) is 4.79 Å². The summed E-state index contributed by atoms with van der Waals surface area (Å²) in [5.41, 5.74) is 2.90. The Morgan fingerprint density at radius 2 is 1.76 bits per heavy atom. The van der Waals surface area contributed by atoms with Crippen LogP contribution < -0.4 is 0 Å². The van der Waals surface area contributed by atoms with Gasteiger partial charge in [-0.1, -0.05) is 74.5 Å². The van der Waals surface area contributed by atoms with Crippen molar-refractivity contribution in [3.05, 3.63) is 77.3 Å². The lowest BCUT2D eigenvalue weighted by molar-refractivity contribution is 0.102. The number of Topliss-reactive ketones (excluding diaryl/α,β-unsaturated/α-hetero) is 1. The third-order valence-electron chi connectivity index (χ3n) is 4.54. The largest absolute Gasteiger partial charge is 0.298 e. The fraction of sp³-hybridized carbons (Fsp3) is 0.261. The van der Waals surface area contributed by atoms with Crippen molar-refractivity contribution in [2.45, 2.75) is 37.9 Å². The van der Waals surface area contributed by atoms with Gasteiger partial charge in [0.2, 0.25) is 0 Å². The molecule has 1 heterocycles. The maximum absolute atomic E-state index is 12.6. The van der Waals surface area contributed by atoms with Crippen LogP contribution in [-0.4, -0.2) is 26.3 Å². The number of benzene rings is 2. The Hall–Kier alpha value is -2.37. The van der Waals surface area contributed by atoms with E-state index in [0.29, 0.717) is 28.0 Å². The molecule has 0 spiro atoms. The minimum absolute atomic E-state index is 0.0650. The Balaban J connectivity index is 1.75. The summed E-state index contributed by atoms with van der Waals surface area (Å²) in [7, 11) is 0. The molecule has 3 aromatic rings. The molecule has 0 aliphatic heterocycles. The number of ketones is 1. The van der Waals surface area contributed by atoms with Crippen molar-refractivity contribution in [2.75, 3.05) is 5.75 Å². The van der Waals surface area contributed by atoms with Crippen LogP contribution in [0, 0.1) is 0 Å². The summed E-state index contributed by atoms with van der Waals surface area (Å²) in [4.78, 5) is 12.6. The van der Waals surface area contributed by atoms with E-state index in [1.165, 1.54) is 17.3 Å². The van der Waals surface area contributed by atoms with Gasteiger partial charge in [0.1, 0.15) is 0 Å². The summed E-state index contributed by atoms with van der Waals surface area (Å²) < 4.78 is 1.96. The third-order valence-corrected chi connectivity index (χ3v) is 5.75. The highest BCUT2D eigenvalue weighted by Gasteiger charge is 2.17. The molecule has 0 N–H and O–H groups in total. The van der Waals surface area contributed by atoms with E-state index >= 15 is 0 Å². The molecular weight excluding hydrogens is 402 g/mol. The van der Waals surface area contributed by atoms with E-state index < -0.39 is 0 Å². The zero-order valence-corrected chi connectivity index (χ0v) is 18.4. The molecule has 0 aliphatic rings. The first-order chi connectivity index (χ1) is 13.8. The Morgan fingerprint density at radius 3 is 2.34 bits per heavy atom. The smallest absolute Gasteiger partial charge is 0.192 e. The molecule has 0 atom stereocenters. The molecule has 0 amide bonds. The number of carbonyl (C=O) groups excluding carboxylic acids is 1. The lowest BCUT2D eigenvalue weighted by Crippen LogP contribution is -2.11. The van der Waals surface area contributed by atoms with E-state index in [-0.39, 0.29) is 11.2 Å². The number of halogens is 1. The van der Waals surface area contributed by atoms with E-state index in [1.54, 1.807) is 6.08 Å². The molecule has 0 saturated carbocycles. The first-order valence-electron chi connectivity index (χ1n) is 9.36. The zero-order valence-electron chi connectivity index (χ0n) is 16.9. The van der Waals surface area contributed by atoms with Gasteiger partial charge in [0.15, 0.2) is 16.8 Å². The highest BCUT2D eigenvalue weighted by molar-refractivity contribution is 7.99. The molecule has 29 heavy (non-hydrogen) atoms. The predicted molar refractivity (Wildman–Crippen MR) is 121 cm³/mol. The average molecular weight is 426 g/mol. The predicted octanol–water partition coefficient (Wildman–Crippen LogP) is 6.06. The molecule has 150 valence electrons. The van der Waals surface area contributed by atoms with E-state index in [1.807, 2.05) is 53.1 Å². The first-order valence-corrected chi connectivity index (χ1v) is 10.7. The molecule has 0 bridgehead atoms. The molecule has 3 rings (SSSR count). The summed E-state index contributed by atoms with van der Waals surface area (Å²) in [5.74, 6) is 1.09. The van der Waals surface area contributed by atoms with Crippen molar-refractivity contribution in [3.63, 3.8) is 0 Å². The summed E-state index contributed by atoms with van der Waals surface area (Å²) >= 11 is 7.37. The van der Waals surface area contributed by atoms with Gasteiger partial charge < -0.3 is 0 Å². The molecule has 0 radical (unpaired) electrons. The second-order valence-corrected chi connectivity index (χ2v) is 9.13. The van der Waals surface area contributed by atoms with Gasteiger partial charge in [0.05, 0.1) is 5.75 Å². The summed E-state index contributed by atoms with van der Waals surface area (Å²) in [6.07, 6.45) is 1.79. The van der Waals surface area contributed by atoms with Crippen LogP contribution in [0.3, 0.4) is 0 Å². The fourth-order valence-electron chi connectivity index (χ4n) is 2.87. The highest BCUT2D eigenvalue weighted by atomic mass is 35.5. The van der Waals surface area contributed by atoms with Crippen LogP contribution >= 0.6 is 23.4 Å². The molecule has 1 aromatic heterocycles. The topological polar surface area (TPSA) is 47.8 Å². The van der Waals surface area contributed by atoms with Gasteiger partial charge in [-0.3, -0.25) is 9.36 Å². The minimum Gasteiger partial charge on any atom is -0.298 e. The third kappa shape index (κ3) is 5.17. The van der Waals surface area contributed by atoms with E-state index in [4.69, 9.17) is 11.6 Å². The second kappa shape index (κ2) is 8.97. The SMILES string of the molecule is C=CCn1c(SCC(=O)c2ccc(C(C)(C)C)cc2)nnc1-c1ccc(Cl)cc1. The Kier molecular flexibility index (Phi) is 6.60. The summed E-state index contributed by atoms with van der Waals surface area (Å²) in [6.45, 7) is 10.9. The number of aromatic nitrogens is 3. The van der Waals surface area contributed by atoms with Crippen molar-refractivity contribution in [1.29, 1.82) is 0 Å². The number of thioether (sulfide) groups is 1. The van der Waals surface area contributed by atoms with Gasteiger partial charge in [-0.05, 0) is 35.2 Å². The standard InChI is InChI=1S/C23H24ClN3OS/c1-5-14-27-21(17-8-12-19(24)13-9-17)25-26-22(27)29-15-20(28)16-6-10-18(11-7-16)23(2,3)4/h5-13H,1,14-15H2,2-4H3. The zero-order chi connectivity index (χ0) is 21.0. The second-order valence-electron chi connectivity index (χ2n) is 7.75. The molecule has 2 aromatic carbocycles. The molecule has 0 saturated heterocycles. The van der Waals surface area contributed by atoms with Crippen LogP contribution in [0.15, 0.2) is 66.3 Å². The van der Waals surface area contributed by atoms with Gasteiger partial charge in [0.25, 0.3) is 0 Å². The van der Waals surface area contributed by atoms with E-state index in [0.717, 1.165) is 11.4 Å². The monoisotopic (exact) mass is 425 g/mol. The molecule has 0 unspecified atom stereocenters. The van der Waals surface area contributed by atoms with Crippen molar-refractivity contribution in [2.24, 2.45) is 0 Å². The van der Waals surface area contributed by atoms with Crippen molar-refractivity contribution in [1.82, 2.24) is 14.8 Å². The van der Waals surface area contributed by atoms with Crippen LogP contribution in [0.4, 0.5) is 0 Å². The van der Waals surface area contributed by atoms with Gasteiger partial charge in [-0.25, -0.2) is 0 Å². The van der Waals surface area contributed by atoms with Crippen LogP contribution in [-0.2, 0) is 12.0 Å². The Bertz CT molecular complexity index is 1000. The van der Waals surface area contributed by atoms with Gasteiger partial charge >= 0.3 is 0 Å². The quantitative estimate of drug-likeness (QED) is 0.262. The average Bonchev–Trinajstić information content (AvgIpc) is 3.09. The number of hydrogen-bond acceptors (Lipinski definition) is 4. The first kappa shape index (κ1) is 21.3. The summed E-state index contributed by atoms with van der Waals surface area (Å²) in [5, 5.41) is 9.96. The molecule has 4 nitrogen and oxygen atoms in total. The normalized spacial score (nSPS) is 11.4. The molecule has 0 aliphatic carbocycles. The Labute approximate surface area is 181 Å². The van der Waals surface area contributed by atoms with Gasteiger partial charge in [-0.2, -0.15) is 0 Å². The number of allylic oxidation sites excluding steroid dienone is 1. The van der Waals surface area contributed by atoms with Crippen LogP contribution in [0.25, 0.3) is 11.4 Å². The fourth-order valence-corrected chi connectivity index (χ4v) is 3.84. The maximum Gasteiger partial charge on any atom is 0.192 e. The number of hydrogen-bond donors (Lipinski definition) is 0. The number of rotatable bonds is 7. The lowest BCUT2D eigenvalue weighted by atomic mass is 9.86. The molecule has 0 fully saturated rings. The molecule has 6 heteroatoms. The van der Waals surface area contributed by atoms with Crippen molar-refractivity contribution < 1.29 is 4.79 Å². The van der Waals surface area contributed by atoms with Crippen LogP contribution in [0.2, 0.25) is 5.02 Å². The summed E-state index contributed by atoms with van der Waals surface area (Å²) in [6, 6.07) is 15.3.